The van der Waals surface area contributed by atoms with E-state index in [1.54, 1.807) is 0 Å². The van der Waals surface area contributed by atoms with Gasteiger partial charge in [-0.1, -0.05) is 24.3 Å². The van der Waals surface area contributed by atoms with Crippen LogP contribution in [0.1, 0.15) is 11.1 Å². The molecule has 0 aliphatic rings. The van der Waals surface area contributed by atoms with Crippen LogP contribution in [0.3, 0.4) is 0 Å². The molecular weight excluding hydrogens is 328 g/mol. The Hall–Kier alpha value is -3.13. The molecule has 0 aliphatic carbocycles. The Labute approximate surface area is 159 Å². The molecule has 2 nitrogen and oxygen atoms in total. The van der Waals surface area contributed by atoms with Crippen molar-refractivity contribution < 1.29 is 4.57 Å². The molecule has 0 fully saturated rings. The highest BCUT2D eigenvalue weighted by Gasteiger charge is 2.20. The standard InChI is InChI=1S/C25H23N2/c1-16-11-23-22(9-10-26(23)3)25(17(16)2)24-14-20-12-18-7-5-6-8-19(18)13-21(20)15-27(24)4/h5-15H,1-4H3/q+1. The van der Waals surface area contributed by atoms with Gasteiger partial charge < -0.3 is 4.57 Å². The molecule has 0 saturated carbocycles. The minimum absolute atomic E-state index is 1.26. The van der Waals surface area contributed by atoms with Crippen LogP contribution in [-0.2, 0) is 14.1 Å². The normalized spacial score (nSPS) is 11.7. The predicted octanol–water partition coefficient (Wildman–Crippen LogP) is 5.59. The van der Waals surface area contributed by atoms with Gasteiger partial charge in [0.1, 0.15) is 7.05 Å². The summed E-state index contributed by atoms with van der Waals surface area (Å²) in [6.45, 7) is 4.45. The largest absolute Gasteiger partial charge is 0.351 e. The van der Waals surface area contributed by atoms with Gasteiger partial charge in [0.2, 0.25) is 5.69 Å². The van der Waals surface area contributed by atoms with Gasteiger partial charge in [0.05, 0.1) is 5.56 Å². The van der Waals surface area contributed by atoms with Crippen molar-refractivity contribution in [3.8, 4) is 11.3 Å². The van der Waals surface area contributed by atoms with E-state index >= 15 is 0 Å². The summed E-state index contributed by atoms with van der Waals surface area (Å²) in [6.07, 6.45) is 4.41. The molecule has 0 radical (unpaired) electrons. The molecular formula is C25H23N2+. The summed E-state index contributed by atoms with van der Waals surface area (Å²) in [5.41, 5.74) is 6.56. The molecule has 2 heterocycles. The smallest absolute Gasteiger partial charge is 0.213 e. The van der Waals surface area contributed by atoms with E-state index in [1.807, 2.05) is 0 Å². The summed E-state index contributed by atoms with van der Waals surface area (Å²) in [6, 6.07) is 20.0. The Bertz CT molecular complexity index is 1360. The van der Waals surface area contributed by atoms with Crippen molar-refractivity contribution in [2.24, 2.45) is 14.1 Å². The van der Waals surface area contributed by atoms with E-state index in [4.69, 9.17) is 0 Å². The number of hydrogen-bond donors (Lipinski definition) is 0. The molecule has 0 N–H and O–H groups in total. The molecule has 5 aromatic rings. The summed E-state index contributed by atoms with van der Waals surface area (Å²) >= 11 is 0. The van der Waals surface area contributed by atoms with Crippen molar-refractivity contribution in [1.29, 1.82) is 0 Å². The number of nitrogens with zero attached hydrogens (tertiary/aromatic N) is 2. The summed E-state index contributed by atoms with van der Waals surface area (Å²) in [4.78, 5) is 0. The average molecular weight is 351 g/mol. The van der Waals surface area contributed by atoms with Gasteiger partial charge in [0.25, 0.3) is 0 Å². The fourth-order valence-corrected chi connectivity index (χ4v) is 4.26. The zero-order valence-electron chi connectivity index (χ0n) is 16.2. The first-order valence-electron chi connectivity index (χ1n) is 9.41. The Morgan fingerprint density at radius 3 is 2.26 bits per heavy atom. The molecule has 27 heavy (non-hydrogen) atoms. The Morgan fingerprint density at radius 1 is 0.815 bits per heavy atom. The first kappa shape index (κ1) is 16.1. The number of benzene rings is 3. The second-order valence-corrected chi connectivity index (χ2v) is 7.65. The quantitative estimate of drug-likeness (QED) is 0.275. The molecule has 0 amide bonds. The first-order valence-corrected chi connectivity index (χ1v) is 9.41. The number of aryl methyl sites for hydroxylation is 3. The number of aromatic nitrogens is 2. The van der Waals surface area contributed by atoms with Gasteiger partial charge in [-0.05, 0) is 65.4 Å². The predicted molar refractivity (Wildman–Crippen MR) is 114 cm³/mol. The Balaban J connectivity index is 1.88. The second-order valence-electron chi connectivity index (χ2n) is 7.65. The zero-order valence-corrected chi connectivity index (χ0v) is 16.2. The number of pyridine rings is 1. The lowest BCUT2D eigenvalue weighted by atomic mass is 9.95. The van der Waals surface area contributed by atoms with Crippen molar-refractivity contribution in [2.75, 3.05) is 0 Å². The lowest BCUT2D eigenvalue weighted by Crippen LogP contribution is -2.30. The maximum Gasteiger partial charge on any atom is 0.213 e. The lowest BCUT2D eigenvalue weighted by molar-refractivity contribution is -0.659. The molecule has 0 bridgehead atoms. The van der Waals surface area contributed by atoms with E-state index in [0.29, 0.717) is 0 Å². The van der Waals surface area contributed by atoms with Gasteiger partial charge in [-0.25, -0.2) is 4.57 Å². The number of hydrogen-bond acceptors (Lipinski definition) is 0. The van der Waals surface area contributed by atoms with Crippen LogP contribution >= 0.6 is 0 Å². The van der Waals surface area contributed by atoms with E-state index in [0.717, 1.165) is 0 Å². The number of rotatable bonds is 1. The van der Waals surface area contributed by atoms with Gasteiger partial charge in [0, 0.05) is 35.6 Å². The molecule has 0 saturated heterocycles. The lowest BCUT2D eigenvalue weighted by Gasteiger charge is -2.12. The van der Waals surface area contributed by atoms with E-state index in [1.165, 1.54) is 54.8 Å². The van der Waals surface area contributed by atoms with Crippen molar-refractivity contribution in [1.82, 2.24) is 4.57 Å². The van der Waals surface area contributed by atoms with Crippen LogP contribution in [0.2, 0.25) is 0 Å². The third-order valence-electron chi connectivity index (χ3n) is 5.92. The average Bonchev–Trinajstić information content (AvgIpc) is 3.01. The minimum atomic E-state index is 1.26. The van der Waals surface area contributed by atoms with Crippen molar-refractivity contribution in [3.63, 3.8) is 0 Å². The molecule has 0 spiro atoms. The fourth-order valence-electron chi connectivity index (χ4n) is 4.26. The van der Waals surface area contributed by atoms with Crippen molar-refractivity contribution in [3.05, 3.63) is 78.1 Å². The maximum atomic E-state index is 2.34. The highest BCUT2D eigenvalue weighted by Crippen LogP contribution is 2.34. The van der Waals surface area contributed by atoms with Crippen LogP contribution in [0.15, 0.2) is 67.0 Å². The minimum Gasteiger partial charge on any atom is -0.351 e. The number of fused-ring (bicyclic) bond motifs is 3. The molecule has 0 aliphatic heterocycles. The van der Waals surface area contributed by atoms with Crippen LogP contribution in [0.25, 0.3) is 43.7 Å². The van der Waals surface area contributed by atoms with Crippen LogP contribution in [0.4, 0.5) is 0 Å². The first-order chi connectivity index (χ1) is 13.0. The summed E-state index contributed by atoms with van der Waals surface area (Å²) in [7, 11) is 4.27. The van der Waals surface area contributed by atoms with Gasteiger partial charge >= 0.3 is 0 Å². The summed E-state index contributed by atoms with van der Waals surface area (Å²) in [5.74, 6) is 0. The van der Waals surface area contributed by atoms with Crippen LogP contribution in [0.5, 0.6) is 0 Å². The SMILES string of the molecule is Cc1cc2c(ccn2C)c(-c2cc3cc4ccccc4cc3c[n+]2C)c1C. The second kappa shape index (κ2) is 5.68. The molecule has 0 unspecified atom stereocenters. The highest BCUT2D eigenvalue weighted by atomic mass is 14.9. The van der Waals surface area contributed by atoms with E-state index < -0.39 is 0 Å². The van der Waals surface area contributed by atoms with E-state index in [9.17, 15) is 0 Å². The highest BCUT2D eigenvalue weighted by molar-refractivity contribution is 6.01. The van der Waals surface area contributed by atoms with Crippen LogP contribution in [0, 0.1) is 13.8 Å². The van der Waals surface area contributed by atoms with Crippen molar-refractivity contribution in [2.45, 2.75) is 13.8 Å². The molecule has 0 atom stereocenters. The molecule has 3 aromatic carbocycles. The summed E-state index contributed by atoms with van der Waals surface area (Å²) < 4.78 is 4.48. The molecule has 2 aromatic heterocycles. The fraction of sp³-hybridized carbons (Fsp3) is 0.160. The van der Waals surface area contributed by atoms with Crippen LogP contribution in [-0.4, -0.2) is 4.57 Å². The van der Waals surface area contributed by atoms with E-state index in [-0.39, 0.29) is 0 Å². The van der Waals surface area contributed by atoms with Gasteiger partial charge in [-0.3, -0.25) is 0 Å². The van der Waals surface area contributed by atoms with Crippen LogP contribution < -0.4 is 4.57 Å². The third kappa shape index (κ3) is 2.37. The van der Waals surface area contributed by atoms with Crippen molar-refractivity contribution >= 4 is 32.4 Å². The zero-order chi connectivity index (χ0) is 18.7. The molecule has 2 heteroatoms. The third-order valence-corrected chi connectivity index (χ3v) is 5.92. The maximum absolute atomic E-state index is 2.34. The van der Waals surface area contributed by atoms with E-state index in [2.05, 4.69) is 104 Å². The topological polar surface area (TPSA) is 8.81 Å². The Kier molecular flexibility index (Phi) is 3.38. The van der Waals surface area contributed by atoms with Gasteiger partial charge in [0.15, 0.2) is 6.20 Å². The Morgan fingerprint density at radius 2 is 1.52 bits per heavy atom. The monoisotopic (exact) mass is 351 g/mol. The summed E-state index contributed by atoms with van der Waals surface area (Å²) in [5, 5.41) is 6.45. The van der Waals surface area contributed by atoms with Gasteiger partial charge in [-0.2, -0.15) is 0 Å². The molecule has 132 valence electrons. The van der Waals surface area contributed by atoms with Gasteiger partial charge in [-0.15, -0.1) is 0 Å². The molecule has 5 rings (SSSR count).